The summed E-state index contributed by atoms with van der Waals surface area (Å²) < 4.78 is 13.6. The third kappa shape index (κ3) is 4.43. The second-order valence-corrected chi connectivity index (χ2v) is 7.98. The summed E-state index contributed by atoms with van der Waals surface area (Å²) in [5.41, 5.74) is 1.98. The standard InChI is InChI=1S/C26H24N4O3.H2/c1-18(29-26(31)24-10-6-14-32-24)25(19-7-3-2-4-8-19)33-22-11-12-23-20(15-22)16-28-30(23)21-9-5-13-27-17-21;/h2-8,10-18,21,25H,9H2,1H3,(H,29,31);1H/t18-,21?,25-;/m0./s1. The molecular weight excluding hydrogens is 416 g/mol. The summed E-state index contributed by atoms with van der Waals surface area (Å²) in [6.07, 6.45) is 9.55. The van der Waals surface area contributed by atoms with Crippen molar-refractivity contribution < 1.29 is 15.4 Å². The Kier molecular flexibility index (Phi) is 5.76. The molecule has 168 valence electrons. The lowest BCUT2D eigenvalue weighted by molar-refractivity contribution is 0.0854. The number of aliphatic imine (C=N–C) groups is 1. The van der Waals surface area contributed by atoms with Gasteiger partial charge in [-0.3, -0.25) is 14.5 Å². The van der Waals surface area contributed by atoms with Gasteiger partial charge in [0.15, 0.2) is 5.76 Å². The van der Waals surface area contributed by atoms with E-state index in [0.29, 0.717) is 5.75 Å². The van der Waals surface area contributed by atoms with Crippen LogP contribution in [0.15, 0.2) is 94.8 Å². The molecule has 0 saturated carbocycles. The Balaban J connectivity index is 0.00000274. The Morgan fingerprint density at radius 1 is 1.21 bits per heavy atom. The van der Waals surface area contributed by atoms with Gasteiger partial charge in [-0.2, -0.15) is 5.10 Å². The Morgan fingerprint density at radius 3 is 2.85 bits per heavy atom. The number of carbonyl (C=O) groups is 1. The van der Waals surface area contributed by atoms with E-state index in [0.717, 1.165) is 22.9 Å². The van der Waals surface area contributed by atoms with E-state index in [1.165, 1.54) is 6.26 Å². The molecule has 0 spiro atoms. The molecule has 0 radical (unpaired) electrons. The molecule has 33 heavy (non-hydrogen) atoms. The van der Waals surface area contributed by atoms with Crippen molar-refractivity contribution in [1.82, 2.24) is 15.1 Å². The average molecular weight is 443 g/mol. The van der Waals surface area contributed by atoms with E-state index in [9.17, 15) is 4.79 Å². The zero-order chi connectivity index (χ0) is 22.6. The Morgan fingerprint density at radius 2 is 2.09 bits per heavy atom. The summed E-state index contributed by atoms with van der Waals surface area (Å²) in [6.45, 7) is 1.92. The molecule has 3 heterocycles. The maximum absolute atomic E-state index is 12.5. The minimum absolute atomic E-state index is 0. The molecule has 0 bridgehead atoms. The zero-order valence-electron chi connectivity index (χ0n) is 18.2. The van der Waals surface area contributed by atoms with Crippen molar-refractivity contribution in [3.05, 3.63) is 96.7 Å². The van der Waals surface area contributed by atoms with E-state index in [-0.39, 0.29) is 25.2 Å². The molecule has 5 rings (SSSR count). The highest BCUT2D eigenvalue weighted by Gasteiger charge is 2.25. The van der Waals surface area contributed by atoms with Crippen LogP contribution in [0.5, 0.6) is 5.75 Å². The number of ether oxygens (including phenoxy) is 1. The minimum atomic E-state index is -0.395. The van der Waals surface area contributed by atoms with Crippen molar-refractivity contribution in [2.24, 2.45) is 4.99 Å². The highest BCUT2D eigenvalue weighted by atomic mass is 16.5. The fourth-order valence-corrected chi connectivity index (χ4v) is 4.01. The van der Waals surface area contributed by atoms with Gasteiger partial charge in [0.1, 0.15) is 11.9 Å². The van der Waals surface area contributed by atoms with Crippen LogP contribution in [0, 0.1) is 0 Å². The van der Waals surface area contributed by atoms with Crippen LogP contribution in [0.25, 0.3) is 10.9 Å². The van der Waals surface area contributed by atoms with Gasteiger partial charge in [0.2, 0.25) is 0 Å². The van der Waals surface area contributed by atoms with Crippen molar-refractivity contribution in [2.45, 2.75) is 31.5 Å². The fraction of sp³-hybridized carbons (Fsp3) is 0.192. The number of nitrogens with zero attached hydrogens (tertiary/aromatic N) is 3. The molecule has 1 aliphatic heterocycles. The maximum Gasteiger partial charge on any atom is 0.287 e. The molecule has 3 atom stereocenters. The molecule has 2 aromatic carbocycles. The van der Waals surface area contributed by atoms with Gasteiger partial charge in [-0.05, 0) is 49.2 Å². The second-order valence-electron chi connectivity index (χ2n) is 7.98. The third-order valence-electron chi connectivity index (χ3n) is 5.66. The zero-order valence-corrected chi connectivity index (χ0v) is 18.2. The first-order chi connectivity index (χ1) is 16.2. The van der Waals surface area contributed by atoms with Gasteiger partial charge in [-0.15, -0.1) is 0 Å². The number of allylic oxidation sites excluding steroid dienone is 1. The smallest absolute Gasteiger partial charge is 0.287 e. The molecule has 0 saturated heterocycles. The van der Waals surface area contributed by atoms with Gasteiger partial charge in [0, 0.05) is 19.2 Å². The first kappa shape index (κ1) is 20.8. The summed E-state index contributed by atoms with van der Waals surface area (Å²) in [6, 6.07) is 18.9. The normalized spacial score (nSPS) is 17.1. The summed E-state index contributed by atoms with van der Waals surface area (Å²) >= 11 is 0. The highest BCUT2D eigenvalue weighted by molar-refractivity contribution is 5.91. The number of hydrogen-bond donors (Lipinski definition) is 1. The predicted octanol–water partition coefficient (Wildman–Crippen LogP) is 5.34. The molecule has 0 fully saturated rings. The molecule has 1 N–H and O–H groups in total. The quantitative estimate of drug-likeness (QED) is 0.419. The topological polar surface area (TPSA) is 81.6 Å². The lowest BCUT2D eigenvalue weighted by Crippen LogP contribution is -2.39. The predicted molar refractivity (Wildman–Crippen MR) is 129 cm³/mol. The molecular formula is C26H26N4O3. The van der Waals surface area contributed by atoms with Crippen LogP contribution in [0.1, 0.15) is 43.0 Å². The van der Waals surface area contributed by atoms with Crippen molar-refractivity contribution >= 4 is 23.0 Å². The van der Waals surface area contributed by atoms with Gasteiger partial charge in [-0.1, -0.05) is 36.4 Å². The van der Waals surface area contributed by atoms with Gasteiger partial charge in [-0.25, -0.2) is 0 Å². The lowest BCUT2D eigenvalue weighted by Gasteiger charge is -2.26. The summed E-state index contributed by atoms with van der Waals surface area (Å²) in [5, 5.41) is 8.54. The first-order valence-electron chi connectivity index (χ1n) is 10.9. The maximum atomic E-state index is 12.5. The number of hydrogen-bond acceptors (Lipinski definition) is 5. The number of nitrogens with one attached hydrogen (secondary N) is 1. The Labute approximate surface area is 192 Å². The molecule has 1 amide bonds. The number of furan rings is 1. The van der Waals surface area contributed by atoms with E-state index in [1.54, 1.807) is 12.1 Å². The van der Waals surface area contributed by atoms with E-state index in [4.69, 9.17) is 9.15 Å². The van der Waals surface area contributed by atoms with Crippen LogP contribution in [-0.2, 0) is 0 Å². The summed E-state index contributed by atoms with van der Waals surface area (Å²) in [5.74, 6) is 0.688. The fourth-order valence-electron chi connectivity index (χ4n) is 4.01. The molecule has 2 aromatic heterocycles. The molecule has 1 unspecified atom stereocenters. The Hall–Kier alpha value is -4.13. The van der Waals surface area contributed by atoms with Gasteiger partial charge < -0.3 is 14.5 Å². The molecule has 7 heteroatoms. The van der Waals surface area contributed by atoms with Crippen molar-refractivity contribution in [3.63, 3.8) is 0 Å². The van der Waals surface area contributed by atoms with Crippen LogP contribution in [0.4, 0.5) is 0 Å². The molecule has 0 aliphatic carbocycles. The lowest BCUT2D eigenvalue weighted by atomic mass is 10.0. The van der Waals surface area contributed by atoms with Gasteiger partial charge in [0.25, 0.3) is 5.91 Å². The van der Waals surface area contributed by atoms with Crippen LogP contribution in [-0.4, -0.2) is 27.9 Å². The number of amides is 1. The number of benzene rings is 2. The summed E-state index contributed by atoms with van der Waals surface area (Å²) in [4.78, 5) is 16.8. The van der Waals surface area contributed by atoms with Crippen molar-refractivity contribution in [2.75, 3.05) is 0 Å². The van der Waals surface area contributed by atoms with Gasteiger partial charge in [0.05, 0.1) is 30.1 Å². The first-order valence-corrected chi connectivity index (χ1v) is 10.9. The van der Waals surface area contributed by atoms with Crippen LogP contribution in [0.3, 0.4) is 0 Å². The third-order valence-corrected chi connectivity index (χ3v) is 5.66. The van der Waals surface area contributed by atoms with E-state index < -0.39 is 6.10 Å². The van der Waals surface area contributed by atoms with Crippen molar-refractivity contribution in [3.8, 4) is 5.75 Å². The Bertz CT molecular complexity index is 1300. The van der Waals surface area contributed by atoms with Crippen molar-refractivity contribution in [1.29, 1.82) is 0 Å². The number of rotatable bonds is 7. The average Bonchev–Trinajstić information content (AvgIpc) is 3.54. The summed E-state index contributed by atoms with van der Waals surface area (Å²) in [7, 11) is 0. The molecule has 4 aromatic rings. The van der Waals surface area contributed by atoms with E-state index in [2.05, 4.69) is 15.4 Å². The molecule has 1 aliphatic rings. The van der Waals surface area contributed by atoms with Crippen LogP contribution >= 0.6 is 0 Å². The highest BCUT2D eigenvalue weighted by Crippen LogP contribution is 2.29. The van der Waals surface area contributed by atoms with Crippen LogP contribution < -0.4 is 10.1 Å². The van der Waals surface area contributed by atoms with E-state index >= 15 is 0 Å². The number of aromatic nitrogens is 2. The number of fused-ring (bicyclic) bond motifs is 1. The van der Waals surface area contributed by atoms with E-state index in [1.807, 2.05) is 84.8 Å². The molecule has 7 nitrogen and oxygen atoms in total. The van der Waals surface area contributed by atoms with Crippen LogP contribution in [0.2, 0.25) is 0 Å². The largest absolute Gasteiger partial charge is 0.484 e. The number of carbonyl (C=O) groups excluding carboxylic acids is 1. The van der Waals surface area contributed by atoms with Gasteiger partial charge >= 0.3 is 0 Å². The minimum Gasteiger partial charge on any atom is -0.484 e. The monoisotopic (exact) mass is 442 g/mol. The SMILES string of the molecule is C[C@H](NC(=O)c1ccco1)[C@H](Oc1ccc2c(cnn2C2C=NC=CC2)c1)c1ccccc1.[HH]. The second kappa shape index (κ2) is 9.16.